The van der Waals surface area contributed by atoms with Gasteiger partial charge < -0.3 is 31.4 Å². The number of hydrogen-bond acceptors (Lipinski definition) is 10. The highest BCUT2D eigenvalue weighted by Gasteiger charge is 2.68. The molecule has 0 saturated carbocycles. The third-order valence-electron chi connectivity index (χ3n) is 8.17. The molecule has 4 aliphatic rings. The highest BCUT2D eigenvalue weighted by atomic mass is 16.3. The van der Waals surface area contributed by atoms with Gasteiger partial charge in [-0.2, -0.15) is 0 Å². The maximum absolute atomic E-state index is 13.4. The summed E-state index contributed by atoms with van der Waals surface area (Å²) in [6.45, 7) is 0.110. The molecular weight excluding hydrogens is 520 g/mol. The number of aliphatic hydroxyl groups is 1. The predicted molar refractivity (Wildman–Crippen MR) is 142 cm³/mol. The average molecular weight is 552 g/mol. The molecule has 6 rings (SSSR count). The van der Waals surface area contributed by atoms with Gasteiger partial charge in [-0.3, -0.25) is 30.1 Å². The number of nitrogens with zero attached hydrogens (tertiary/aromatic N) is 2. The Hall–Kier alpha value is -4.66. The number of carbonyl (C=O) groups is 2. The molecule has 1 saturated heterocycles. The fraction of sp³-hybridized carbons (Fsp3) is 0.440. The van der Waals surface area contributed by atoms with Crippen molar-refractivity contribution in [3.8, 4) is 0 Å². The van der Waals surface area contributed by atoms with Crippen LogP contribution in [0.5, 0.6) is 0 Å². The number of nitrogens with two attached hydrogens (primary N) is 2. The van der Waals surface area contributed by atoms with Gasteiger partial charge in [0, 0.05) is 24.7 Å². The quantitative estimate of drug-likeness (QED) is 0.172. The Morgan fingerprint density at radius 2 is 1.98 bits per heavy atom. The number of H-pyrrole nitrogens is 2. The second-order valence-corrected chi connectivity index (χ2v) is 10.5. The van der Waals surface area contributed by atoms with Gasteiger partial charge in [0.2, 0.25) is 5.66 Å². The van der Waals surface area contributed by atoms with E-state index in [1.165, 1.54) is 5.56 Å². The smallest absolute Gasteiger partial charge is 0.343 e. The fourth-order valence-electron chi connectivity index (χ4n) is 6.41. The zero-order valence-corrected chi connectivity index (χ0v) is 21.5. The molecule has 15 nitrogen and oxygen atoms in total. The van der Waals surface area contributed by atoms with Gasteiger partial charge in [0.1, 0.15) is 17.8 Å². The van der Waals surface area contributed by atoms with Gasteiger partial charge in [0.05, 0.1) is 6.04 Å². The number of amides is 2. The van der Waals surface area contributed by atoms with Crippen molar-refractivity contribution < 1.29 is 19.7 Å². The van der Waals surface area contributed by atoms with Gasteiger partial charge in [-0.05, 0) is 42.9 Å². The fourth-order valence-corrected chi connectivity index (χ4v) is 6.41. The highest BCUT2D eigenvalue weighted by Crippen LogP contribution is 2.35. The molecule has 1 aromatic carbocycles. The van der Waals surface area contributed by atoms with Crippen LogP contribution in [0.25, 0.3) is 0 Å². The Kier molecular flexibility index (Phi) is 6.09. The van der Waals surface area contributed by atoms with Crippen molar-refractivity contribution in [2.45, 2.75) is 55.6 Å². The maximum Gasteiger partial charge on any atom is 0.343 e. The van der Waals surface area contributed by atoms with E-state index in [4.69, 9.17) is 11.5 Å². The van der Waals surface area contributed by atoms with Crippen molar-refractivity contribution in [2.24, 2.45) is 16.5 Å². The number of benzene rings is 1. The third kappa shape index (κ3) is 4.09. The molecule has 0 bridgehead atoms. The number of rotatable bonds is 5. The summed E-state index contributed by atoms with van der Waals surface area (Å²) in [5, 5.41) is 20.4. The first-order chi connectivity index (χ1) is 19.2. The van der Waals surface area contributed by atoms with E-state index < -0.39 is 47.0 Å². The second-order valence-electron chi connectivity index (χ2n) is 10.5. The van der Waals surface area contributed by atoms with E-state index in [1.807, 2.05) is 11.1 Å². The standard InChI is InChI=1S/C25H30N10O5/c26-22-33-18-15(9-28-21(39)14-8-17(36)32-24(40)31-14)30-23(27)35-10-16(19(37)25(18,35)34-22)29-20(38)13-7-3-5-11-4-1-2-6-12(11)13/h3,5,7-8,15-16,18-19,37H,1-2,4,6,9-10H2,(H2,27,30)(H,28,39)(H,29,38)(H3,26,33,34)(H2,31,32,36,40)/p+1/t15-,16+,18?,19+,25?/m0/s1. The van der Waals surface area contributed by atoms with E-state index in [0.717, 1.165) is 37.3 Å². The third-order valence-corrected chi connectivity index (χ3v) is 8.17. The van der Waals surface area contributed by atoms with E-state index in [-0.39, 0.29) is 36.6 Å². The minimum absolute atomic E-state index is 0.0591. The lowest BCUT2D eigenvalue weighted by Crippen LogP contribution is -2.88. The summed E-state index contributed by atoms with van der Waals surface area (Å²) in [7, 11) is 0. The Morgan fingerprint density at radius 1 is 1.18 bits per heavy atom. The Morgan fingerprint density at radius 3 is 2.77 bits per heavy atom. The SMILES string of the molecule is NC1=N[C@@H](CNC(=O)c2cc(=O)[nH]c(=O)[nH]2)C2[NH+]=C(N)NC23[C@H](O)[C@H](NC(=O)c2cccc4c2CCCC4)CN13. The minimum Gasteiger partial charge on any atom is -0.385 e. The van der Waals surface area contributed by atoms with Gasteiger partial charge in [-0.25, -0.2) is 15.1 Å². The molecule has 1 spiro atoms. The lowest BCUT2D eigenvalue weighted by Gasteiger charge is -2.43. The number of fused-ring (bicyclic) bond motifs is 1. The first-order valence-electron chi connectivity index (χ1n) is 13.2. The number of hydrogen-bond donors (Lipinski definition) is 9. The molecule has 2 unspecified atom stereocenters. The van der Waals surface area contributed by atoms with E-state index >= 15 is 0 Å². The van der Waals surface area contributed by atoms with Crippen molar-refractivity contribution >= 4 is 23.7 Å². The largest absolute Gasteiger partial charge is 0.385 e. The van der Waals surface area contributed by atoms with Crippen LogP contribution in [0.1, 0.15) is 44.8 Å². The van der Waals surface area contributed by atoms with E-state index in [0.29, 0.717) is 5.56 Å². The normalized spacial score (nSPS) is 28.4. The number of aliphatic imine (C=N–C) groups is 1. The summed E-state index contributed by atoms with van der Waals surface area (Å²) >= 11 is 0. The van der Waals surface area contributed by atoms with Crippen molar-refractivity contribution in [1.29, 1.82) is 0 Å². The van der Waals surface area contributed by atoms with Gasteiger partial charge in [0.15, 0.2) is 12.0 Å². The summed E-state index contributed by atoms with van der Waals surface area (Å²) in [6.07, 6.45) is 2.73. The summed E-state index contributed by atoms with van der Waals surface area (Å²) in [4.78, 5) is 62.8. The number of nitrogens with one attached hydrogen (secondary N) is 6. The van der Waals surface area contributed by atoms with Crippen molar-refractivity contribution in [1.82, 2.24) is 30.8 Å². The molecule has 2 amide bonds. The first kappa shape index (κ1) is 25.6. The zero-order valence-electron chi connectivity index (χ0n) is 21.5. The van der Waals surface area contributed by atoms with Crippen LogP contribution in [0.4, 0.5) is 0 Å². The molecule has 15 heteroatoms. The number of aromatic amines is 2. The van der Waals surface area contributed by atoms with Gasteiger partial charge in [-0.15, -0.1) is 0 Å². The van der Waals surface area contributed by atoms with Crippen LogP contribution in [0.15, 0.2) is 38.8 Å². The maximum atomic E-state index is 13.4. The summed E-state index contributed by atoms with van der Waals surface area (Å²) < 4.78 is 0. The first-order valence-corrected chi connectivity index (χ1v) is 13.2. The van der Waals surface area contributed by atoms with E-state index in [2.05, 4.69) is 37.0 Å². The van der Waals surface area contributed by atoms with E-state index in [1.54, 1.807) is 11.0 Å². The molecule has 210 valence electrons. The van der Waals surface area contributed by atoms with Crippen LogP contribution in [-0.2, 0) is 12.8 Å². The van der Waals surface area contributed by atoms with Gasteiger partial charge in [-0.1, -0.05) is 12.1 Å². The molecule has 11 N–H and O–H groups in total. The van der Waals surface area contributed by atoms with Crippen LogP contribution in [0, 0.1) is 0 Å². The molecule has 3 aliphatic heterocycles. The molecule has 1 fully saturated rings. The molecule has 40 heavy (non-hydrogen) atoms. The summed E-state index contributed by atoms with van der Waals surface area (Å²) in [5.41, 5.74) is 12.3. The predicted octanol–water partition coefficient (Wildman–Crippen LogP) is -5.09. The molecule has 4 heterocycles. The van der Waals surface area contributed by atoms with Crippen LogP contribution in [-0.4, -0.2) is 86.7 Å². The monoisotopic (exact) mass is 551 g/mol. The summed E-state index contributed by atoms with van der Waals surface area (Å²) in [5.74, 6) is -0.695. The van der Waals surface area contributed by atoms with Crippen LogP contribution in [0.2, 0.25) is 0 Å². The Bertz CT molecular complexity index is 1540. The highest BCUT2D eigenvalue weighted by molar-refractivity contribution is 5.96. The zero-order chi connectivity index (χ0) is 28.2. The van der Waals surface area contributed by atoms with Crippen molar-refractivity contribution in [3.63, 3.8) is 0 Å². The van der Waals surface area contributed by atoms with Gasteiger partial charge >= 0.3 is 11.6 Å². The van der Waals surface area contributed by atoms with Crippen molar-refractivity contribution in [2.75, 3.05) is 13.1 Å². The van der Waals surface area contributed by atoms with Crippen LogP contribution >= 0.6 is 0 Å². The minimum atomic E-state index is -1.25. The van der Waals surface area contributed by atoms with Gasteiger partial charge in [0.25, 0.3) is 17.4 Å². The number of carbonyl (C=O) groups excluding carboxylic acids is 2. The number of aromatic nitrogens is 2. The molecule has 2 aromatic rings. The lowest BCUT2D eigenvalue weighted by molar-refractivity contribution is -0.513. The lowest BCUT2D eigenvalue weighted by atomic mass is 9.87. The number of aryl methyl sites for hydroxylation is 1. The Labute approximate surface area is 227 Å². The summed E-state index contributed by atoms with van der Waals surface area (Å²) in [6, 6.07) is 4.64. The number of aliphatic hydroxyl groups excluding tert-OH is 1. The van der Waals surface area contributed by atoms with Crippen LogP contribution in [0.3, 0.4) is 0 Å². The van der Waals surface area contributed by atoms with E-state index in [9.17, 15) is 24.3 Å². The van der Waals surface area contributed by atoms with Crippen LogP contribution < -0.4 is 43.7 Å². The second kappa shape index (κ2) is 9.51. The molecule has 0 radical (unpaired) electrons. The molecule has 1 aromatic heterocycles. The molecule has 5 atom stereocenters. The Balaban J connectivity index is 1.23. The molecule has 1 aliphatic carbocycles. The average Bonchev–Trinajstić information content (AvgIpc) is 3.42. The van der Waals surface area contributed by atoms with Crippen molar-refractivity contribution in [3.05, 3.63) is 67.5 Å². The topological polar surface area (TPSA) is 238 Å². The number of guanidine groups is 2. The molecular formula is C25H31N10O5+.